The minimum atomic E-state index is -0.745. The predicted molar refractivity (Wildman–Crippen MR) is 77.8 cm³/mol. The van der Waals surface area contributed by atoms with E-state index in [9.17, 15) is 9.50 Å². The number of aliphatic hydroxyl groups excluding tert-OH is 1. The zero-order chi connectivity index (χ0) is 14.7. The fourth-order valence-corrected chi connectivity index (χ4v) is 2.23. The van der Waals surface area contributed by atoms with Crippen LogP contribution < -0.4 is 9.47 Å². The number of halogens is 2. The van der Waals surface area contributed by atoms with Gasteiger partial charge in [0.2, 0.25) is 0 Å². The molecule has 0 aliphatic heterocycles. The van der Waals surface area contributed by atoms with E-state index in [1.807, 2.05) is 0 Å². The van der Waals surface area contributed by atoms with Crippen LogP contribution in [0.4, 0.5) is 4.39 Å². The van der Waals surface area contributed by atoms with Crippen molar-refractivity contribution in [1.29, 1.82) is 0 Å². The molecular formula is C15H14BrFO3. The van der Waals surface area contributed by atoms with Crippen LogP contribution in [-0.4, -0.2) is 12.2 Å². The maximum Gasteiger partial charge on any atom is 0.137 e. The van der Waals surface area contributed by atoms with Crippen molar-refractivity contribution in [3.63, 3.8) is 0 Å². The first-order valence-electron chi connectivity index (χ1n) is 6.00. The number of ether oxygens (including phenoxy) is 2. The number of rotatable bonds is 4. The standard InChI is InChI=1S/C15H14BrFO3/c1-9(18)15-13(19-2)4-3-5-14(15)20-10-6-7-12(17)11(16)8-10/h3-9,18H,1-2H3/t9-/m0/s1. The van der Waals surface area contributed by atoms with Crippen LogP contribution in [0.15, 0.2) is 40.9 Å². The first kappa shape index (κ1) is 14.8. The van der Waals surface area contributed by atoms with Crippen molar-refractivity contribution in [2.75, 3.05) is 7.11 Å². The Morgan fingerprint density at radius 3 is 2.50 bits per heavy atom. The van der Waals surface area contributed by atoms with Gasteiger partial charge in [0, 0.05) is 0 Å². The predicted octanol–water partition coefficient (Wildman–Crippen LogP) is 4.44. The topological polar surface area (TPSA) is 38.7 Å². The van der Waals surface area contributed by atoms with Crippen molar-refractivity contribution in [2.45, 2.75) is 13.0 Å². The molecule has 0 bridgehead atoms. The smallest absolute Gasteiger partial charge is 0.137 e. The molecule has 0 radical (unpaired) electrons. The molecule has 0 aliphatic carbocycles. The quantitative estimate of drug-likeness (QED) is 0.893. The second-order valence-corrected chi connectivity index (χ2v) is 5.08. The third-order valence-electron chi connectivity index (χ3n) is 2.78. The van der Waals surface area contributed by atoms with E-state index < -0.39 is 6.10 Å². The molecule has 0 aliphatic rings. The summed E-state index contributed by atoms with van der Waals surface area (Å²) < 4.78 is 24.4. The molecule has 0 aromatic heterocycles. The minimum absolute atomic E-state index is 0.316. The Balaban J connectivity index is 2.40. The molecule has 2 aromatic carbocycles. The van der Waals surface area contributed by atoms with Crippen LogP contribution in [-0.2, 0) is 0 Å². The second kappa shape index (κ2) is 6.24. The Labute approximate surface area is 125 Å². The Morgan fingerprint density at radius 2 is 1.90 bits per heavy atom. The highest BCUT2D eigenvalue weighted by molar-refractivity contribution is 9.10. The van der Waals surface area contributed by atoms with E-state index in [4.69, 9.17) is 9.47 Å². The summed E-state index contributed by atoms with van der Waals surface area (Å²) >= 11 is 3.11. The summed E-state index contributed by atoms with van der Waals surface area (Å²) in [6.07, 6.45) is -0.745. The zero-order valence-electron chi connectivity index (χ0n) is 11.1. The molecule has 0 amide bonds. The molecular weight excluding hydrogens is 327 g/mol. The van der Waals surface area contributed by atoms with Crippen LogP contribution in [0.5, 0.6) is 17.2 Å². The fraction of sp³-hybridized carbons (Fsp3) is 0.200. The number of aliphatic hydroxyl groups is 1. The molecule has 2 aromatic rings. The van der Waals surface area contributed by atoms with Gasteiger partial charge in [-0.3, -0.25) is 0 Å². The average molecular weight is 341 g/mol. The molecule has 0 spiro atoms. The van der Waals surface area contributed by atoms with Crippen LogP contribution in [0.2, 0.25) is 0 Å². The lowest BCUT2D eigenvalue weighted by atomic mass is 10.1. The van der Waals surface area contributed by atoms with E-state index in [-0.39, 0.29) is 5.82 Å². The van der Waals surface area contributed by atoms with Crippen molar-refractivity contribution in [3.05, 3.63) is 52.3 Å². The van der Waals surface area contributed by atoms with E-state index in [1.165, 1.54) is 25.3 Å². The Kier molecular flexibility index (Phi) is 4.62. The van der Waals surface area contributed by atoms with Gasteiger partial charge in [0.15, 0.2) is 0 Å². The van der Waals surface area contributed by atoms with Gasteiger partial charge in [0.05, 0.1) is 23.2 Å². The Hall–Kier alpha value is -1.59. The lowest BCUT2D eigenvalue weighted by Crippen LogP contribution is -2.00. The maximum atomic E-state index is 13.2. The highest BCUT2D eigenvalue weighted by Crippen LogP contribution is 2.37. The summed E-state index contributed by atoms with van der Waals surface area (Å²) in [7, 11) is 1.53. The van der Waals surface area contributed by atoms with E-state index >= 15 is 0 Å². The van der Waals surface area contributed by atoms with E-state index in [1.54, 1.807) is 25.1 Å². The SMILES string of the molecule is COc1cccc(Oc2ccc(F)c(Br)c2)c1[C@H](C)O. The van der Waals surface area contributed by atoms with E-state index in [0.29, 0.717) is 27.3 Å². The molecule has 0 fully saturated rings. The van der Waals surface area contributed by atoms with Crippen molar-refractivity contribution < 1.29 is 19.0 Å². The first-order chi connectivity index (χ1) is 9.52. The highest BCUT2D eigenvalue weighted by Gasteiger charge is 2.16. The second-order valence-electron chi connectivity index (χ2n) is 4.23. The molecule has 2 rings (SSSR count). The molecule has 1 atom stereocenters. The molecule has 20 heavy (non-hydrogen) atoms. The van der Waals surface area contributed by atoms with Gasteiger partial charge in [0.25, 0.3) is 0 Å². The van der Waals surface area contributed by atoms with Gasteiger partial charge in [0.1, 0.15) is 23.1 Å². The number of hydrogen-bond acceptors (Lipinski definition) is 3. The first-order valence-corrected chi connectivity index (χ1v) is 6.80. The van der Waals surface area contributed by atoms with Crippen molar-refractivity contribution in [2.24, 2.45) is 0 Å². The van der Waals surface area contributed by atoms with Crippen LogP contribution >= 0.6 is 15.9 Å². The van der Waals surface area contributed by atoms with Crippen molar-refractivity contribution in [1.82, 2.24) is 0 Å². The van der Waals surface area contributed by atoms with Crippen molar-refractivity contribution in [3.8, 4) is 17.2 Å². The van der Waals surface area contributed by atoms with Gasteiger partial charge in [-0.15, -0.1) is 0 Å². The van der Waals surface area contributed by atoms with E-state index in [0.717, 1.165) is 0 Å². The summed E-state index contributed by atoms with van der Waals surface area (Å²) in [5, 5.41) is 9.86. The van der Waals surface area contributed by atoms with Gasteiger partial charge in [-0.05, 0) is 53.2 Å². The minimum Gasteiger partial charge on any atom is -0.496 e. The van der Waals surface area contributed by atoms with Crippen LogP contribution in [0.25, 0.3) is 0 Å². The zero-order valence-corrected chi connectivity index (χ0v) is 12.6. The highest BCUT2D eigenvalue weighted by atomic mass is 79.9. The Bertz CT molecular complexity index is 614. The molecule has 106 valence electrons. The lowest BCUT2D eigenvalue weighted by Gasteiger charge is -2.16. The number of hydrogen-bond donors (Lipinski definition) is 1. The summed E-state index contributed by atoms with van der Waals surface area (Å²) in [6, 6.07) is 9.59. The average Bonchev–Trinajstić information content (AvgIpc) is 2.42. The summed E-state index contributed by atoms with van der Waals surface area (Å²) in [4.78, 5) is 0. The van der Waals surface area contributed by atoms with Gasteiger partial charge >= 0.3 is 0 Å². The summed E-state index contributed by atoms with van der Waals surface area (Å²) in [6.45, 7) is 1.63. The van der Waals surface area contributed by atoms with Gasteiger partial charge in [-0.1, -0.05) is 6.07 Å². The number of benzene rings is 2. The van der Waals surface area contributed by atoms with Gasteiger partial charge < -0.3 is 14.6 Å². The van der Waals surface area contributed by atoms with Crippen molar-refractivity contribution >= 4 is 15.9 Å². The summed E-state index contributed by atoms with van der Waals surface area (Å²) in [5.41, 5.74) is 0.551. The molecule has 1 N–H and O–H groups in total. The molecule has 0 saturated heterocycles. The normalized spacial score (nSPS) is 12.1. The third kappa shape index (κ3) is 3.11. The fourth-order valence-electron chi connectivity index (χ4n) is 1.87. The third-order valence-corrected chi connectivity index (χ3v) is 3.39. The molecule has 3 nitrogen and oxygen atoms in total. The largest absolute Gasteiger partial charge is 0.496 e. The van der Waals surface area contributed by atoms with Gasteiger partial charge in [-0.25, -0.2) is 4.39 Å². The van der Waals surface area contributed by atoms with Gasteiger partial charge in [-0.2, -0.15) is 0 Å². The van der Waals surface area contributed by atoms with E-state index in [2.05, 4.69) is 15.9 Å². The monoisotopic (exact) mass is 340 g/mol. The van der Waals surface area contributed by atoms with Crippen LogP contribution in [0.3, 0.4) is 0 Å². The molecule has 0 saturated carbocycles. The molecule has 0 heterocycles. The number of methoxy groups -OCH3 is 1. The molecule has 0 unspecified atom stereocenters. The Morgan fingerprint density at radius 1 is 1.20 bits per heavy atom. The maximum absolute atomic E-state index is 13.2. The lowest BCUT2D eigenvalue weighted by molar-refractivity contribution is 0.190. The summed E-state index contributed by atoms with van der Waals surface area (Å²) in [5.74, 6) is 1.11. The van der Waals surface area contributed by atoms with Crippen LogP contribution in [0, 0.1) is 5.82 Å². The van der Waals surface area contributed by atoms with Crippen LogP contribution in [0.1, 0.15) is 18.6 Å². The molecule has 5 heteroatoms.